The van der Waals surface area contributed by atoms with Gasteiger partial charge in [-0.25, -0.2) is 21.6 Å². The van der Waals surface area contributed by atoms with Crippen LogP contribution in [0.4, 0.5) is 0 Å². The normalized spacial score (nSPS) is 22.4. The van der Waals surface area contributed by atoms with Crippen LogP contribution in [0, 0.1) is 0 Å². The Kier molecular flexibility index (Phi) is 4.72. The summed E-state index contributed by atoms with van der Waals surface area (Å²) in [5, 5.41) is 2.59. The predicted molar refractivity (Wildman–Crippen MR) is 62.5 cm³/mol. The Labute approximate surface area is 96.8 Å². The standard InChI is InChI=1S/C8H18N2O4S2/c1-15(11,12)6-2-4-10-16(13,14)8-3-5-9-7-8/h8-10H,2-7H2,1H3. The minimum Gasteiger partial charge on any atom is -0.315 e. The van der Waals surface area contributed by atoms with Crippen LogP contribution >= 0.6 is 0 Å². The molecule has 16 heavy (non-hydrogen) atoms. The van der Waals surface area contributed by atoms with Gasteiger partial charge in [-0.05, 0) is 19.4 Å². The molecule has 0 amide bonds. The Balaban J connectivity index is 2.31. The smallest absolute Gasteiger partial charge is 0.215 e. The number of hydrogen-bond donors (Lipinski definition) is 2. The van der Waals surface area contributed by atoms with Crippen LogP contribution in [-0.4, -0.2) is 53.7 Å². The summed E-state index contributed by atoms with van der Waals surface area (Å²) in [4.78, 5) is 0. The van der Waals surface area contributed by atoms with Gasteiger partial charge >= 0.3 is 0 Å². The molecule has 0 bridgehead atoms. The molecule has 6 nitrogen and oxygen atoms in total. The van der Waals surface area contributed by atoms with E-state index in [1.54, 1.807) is 0 Å². The number of sulfonamides is 1. The second-order valence-electron chi connectivity index (χ2n) is 4.04. The van der Waals surface area contributed by atoms with E-state index in [1.807, 2.05) is 0 Å². The first-order chi connectivity index (χ1) is 7.31. The molecule has 0 aliphatic carbocycles. The third-order valence-corrected chi connectivity index (χ3v) is 5.37. The van der Waals surface area contributed by atoms with Gasteiger partial charge in [-0.2, -0.15) is 0 Å². The predicted octanol–water partition coefficient (Wildman–Crippen LogP) is -1.30. The van der Waals surface area contributed by atoms with Crippen LogP contribution in [0.25, 0.3) is 0 Å². The second kappa shape index (κ2) is 5.44. The van der Waals surface area contributed by atoms with Crippen molar-refractivity contribution < 1.29 is 16.8 Å². The van der Waals surface area contributed by atoms with Crippen LogP contribution in [0.1, 0.15) is 12.8 Å². The van der Waals surface area contributed by atoms with E-state index in [-0.39, 0.29) is 17.5 Å². The highest BCUT2D eigenvalue weighted by atomic mass is 32.2. The molecule has 1 aliphatic rings. The van der Waals surface area contributed by atoms with Gasteiger partial charge in [-0.1, -0.05) is 0 Å². The SMILES string of the molecule is CS(=O)(=O)CCCNS(=O)(=O)C1CCNC1. The average molecular weight is 270 g/mol. The zero-order chi connectivity index (χ0) is 12.2. The van der Waals surface area contributed by atoms with Crippen molar-refractivity contribution in [2.45, 2.75) is 18.1 Å². The Morgan fingerprint density at radius 3 is 2.50 bits per heavy atom. The van der Waals surface area contributed by atoms with Crippen molar-refractivity contribution in [3.05, 3.63) is 0 Å². The third kappa shape index (κ3) is 4.77. The summed E-state index contributed by atoms with van der Waals surface area (Å²) in [6, 6.07) is 0. The summed E-state index contributed by atoms with van der Waals surface area (Å²) in [5.41, 5.74) is 0. The average Bonchev–Trinajstić information content (AvgIpc) is 2.64. The van der Waals surface area contributed by atoms with Crippen LogP contribution in [0.15, 0.2) is 0 Å². The van der Waals surface area contributed by atoms with Crippen LogP contribution < -0.4 is 10.0 Å². The zero-order valence-electron chi connectivity index (χ0n) is 9.27. The van der Waals surface area contributed by atoms with Crippen LogP contribution in [0.2, 0.25) is 0 Å². The molecule has 1 aliphatic heterocycles. The molecule has 0 saturated carbocycles. The van der Waals surface area contributed by atoms with Gasteiger partial charge in [0.25, 0.3) is 0 Å². The van der Waals surface area contributed by atoms with Gasteiger partial charge in [0, 0.05) is 19.3 Å². The first kappa shape index (κ1) is 13.9. The molecule has 1 atom stereocenters. The van der Waals surface area contributed by atoms with Gasteiger partial charge in [-0.3, -0.25) is 0 Å². The fraction of sp³-hybridized carbons (Fsp3) is 1.00. The third-order valence-electron chi connectivity index (χ3n) is 2.45. The Bertz CT molecular complexity index is 409. The highest BCUT2D eigenvalue weighted by Crippen LogP contribution is 2.07. The van der Waals surface area contributed by atoms with Crippen molar-refractivity contribution in [2.75, 3.05) is 31.6 Å². The van der Waals surface area contributed by atoms with E-state index in [9.17, 15) is 16.8 Å². The molecule has 1 unspecified atom stereocenters. The van der Waals surface area contributed by atoms with Crippen molar-refractivity contribution >= 4 is 19.9 Å². The second-order valence-corrected chi connectivity index (χ2v) is 8.34. The van der Waals surface area contributed by atoms with E-state index in [4.69, 9.17) is 0 Å². The van der Waals surface area contributed by atoms with Gasteiger partial charge in [-0.15, -0.1) is 0 Å². The fourth-order valence-electron chi connectivity index (χ4n) is 1.56. The molecule has 0 aromatic carbocycles. The Hall–Kier alpha value is -0.180. The van der Waals surface area contributed by atoms with Crippen molar-refractivity contribution in [3.8, 4) is 0 Å². The summed E-state index contributed by atoms with van der Waals surface area (Å²) in [5.74, 6) is 0.0123. The Morgan fingerprint density at radius 2 is 2.00 bits per heavy atom. The fourth-order valence-corrected chi connectivity index (χ4v) is 3.66. The molecule has 1 heterocycles. The van der Waals surface area contributed by atoms with Gasteiger partial charge in [0.2, 0.25) is 10.0 Å². The van der Waals surface area contributed by atoms with Crippen LogP contribution in [-0.2, 0) is 19.9 Å². The summed E-state index contributed by atoms with van der Waals surface area (Å²) < 4.78 is 47.4. The quantitative estimate of drug-likeness (QED) is 0.585. The molecule has 8 heteroatoms. The first-order valence-corrected chi connectivity index (χ1v) is 8.79. The molecular weight excluding hydrogens is 252 g/mol. The molecule has 2 N–H and O–H groups in total. The molecule has 0 spiro atoms. The molecule has 1 fully saturated rings. The van der Waals surface area contributed by atoms with E-state index >= 15 is 0 Å². The lowest BCUT2D eigenvalue weighted by Gasteiger charge is -2.11. The summed E-state index contributed by atoms with van der Waals surface area (Å²) in [6.07, 6.45) is 2.07. The van der Waals surface area contributed by atoms with E-state index in [2.05, 4.69) is 10.0 Å². The van der Waals surface area contributed by atoms with E-state index in [1.165, 1.54) is 0 Å². The van der Waals surface area contributed by atoms with Gasteiger partial charge in [0.15, 0.2) is 0 Å². The first-order valence-electron chi connectivity index (χ1n) is 5.18. The largest absolute Gasteiger partial charge is 0.315 e. The van der Waals surface area contributed by atoms with Crippen molar-refractivity contribution in [2.24, 2.45) is 0 Å². The van der Waals surface area contributed by atoms with E-state index in [0.29, 0.717) is 19.4 Å². The number of rotatable bonds is 6. The zero-order valence-corrected chi connectivity index (χ0v) is 10.9. The monoisotopic (exact) mass is 270 g/mol. The topological polar surface area (TPSA) is 92.3 Å². The molecular formula is C8H18N2O4S2. The molecule has 96 valence electrons. The van der Waals surface area contributed by atoms with E-state index in [0.717, 1.165) is 12.8 Å². The highest BCUT2D eigenvalue weighted by Gasteiger charge is 2.27. The Morgan fingerprint density at radius 1 is 1.31 bits per heavy atom. The minimum atomic E-state index is -3.29. The van der Waals surface area contributed by atoms with Crippen molar-refractivity contribution in [3.63, 3.8) is 0 Å². The molecule has 0 aromatic heterocycles. The maximum absolute atomic E-state index is 11.7. The number of sulfone groups is 1. The molecule has 1 rings (SSSR count). The van der Waals surface area contributed by atoms with Gasteiger partial charge < -0.3 is 5.32 Å². The number of hydrogen-bond acceptors (Lipinski definition) is 5. The summed E-state index contributed by atoms with van der Waals surface area (Å²) >= 11 is 0. The lowest BCUT2D eigenvalue weighted by atomic mass is 10.4. The van der Waals surface area contributed by atoms with Crippen molar-refractivity contribution in [1.29, 1.82) is 0 Å². The lowest BCUT2D eigenvalue weighted by Crippen LogP contribution is -2.36. The van der Waals surface area contributed by atoms with Crippen molar-refractivity contribution in [1.82, 2.24) is 10.0 Å². The lowest BCUT2D eigenvalue weighted by molar-refractivity contribution is 0.565. The maximum atomic E-state index is 11.7. The molecule has 0 radical (unpaired) electrons. The van der Waals surface area contributed by atoms with E-state index < -0.39 is 19.9 Å². The van der Waals surface area contributed by atoms with Crippen LogP contribution in [0.3, 0.4) is 0 Å². The van der Waals surface area contributed by atoms with Gasteiger partial charge in [0.05, 0.1) is 11.0 Å². The van der Waals surface area contributed by atoms with Crippen LogP contribution in [0.5, 0.6) is 0 Å². The highest BCUT2D eigenvalue weighted by molar-refractivity contribution is 7.90. The molecule has 0 aromatic rings. The maximum Gasteiger partial charge on any atom is 0.215 e. The number of nitrogens with one attached hydrogen (secondary N) is 2. The molecule has 1 saturated heterocycles. The minimum absolute atomic E-state index is 0.0123. The van der Waals surface area contributed by atoms with Gasteiger partial charge in [0.1, 0.15) is 9.84 Å². The summed E-state index contributed by atoms with van der Waals surface area (Å²) in [6.45, 7) is 1.38. The summed E-state index contributed by atoms with van der Waals surface area (Å²) in [7, 11) is -6.29.